The topological polar surface area (TPSA) is 53.4 Å². The van der Waals surface area contributed by atoms with Gasteiger partial charge in [-0.1, -0.05) is 37.3 Å². The Morgan fingerprint density at radius 3 is 2.83 bits per heavy atom. The van der Waals surface area contributed by atoms with Crippen LogP contribution >= 0.6 is 11.3 Å². The standard InChI is InChI=1S/C13H16N2O2S/c1-8(2)9-5-4-6-10-12(9)14-13(18-10)15(3)7-11(16)17/h4-6,8H,7H2,1-3H3,(H,16,17). The lowest BCUT2D eigenvalue weighted by Gasteiger charge is -2.11. The van der Waals surface area contributed by atoms with E-state index >= 15 is 0 Å². The molecule has 0 amide bonds. The summed E-state index contributed by atoms with van der Waals surface area (Å²) in [5.74, 6) is -0.436. The van der Waals surface area contributed by atoms with Gasteiger partial charge in [0, 0.05) is 7.05 Å². The monoisotopic (exact) mass is 264 g/mol. The number of rotatable bonds is 4. The summed E-state index contributed by atoms with van der Waals surface area (Å²) in [5, 5.41) is 9.55. The third-order valence-corrected chi connectivity index (χ3v) is 3.89. The summed E-state index contributed by atoms with van der Waals surface area (Å²) in [6, 6.07) is 6.13. The molecule has 96 valence electrons. The lowest BCUT2D eigenvalue weighted by Crippen LogP contribution is -2.24. The van der Waals surface area contributed by atoms with Crippen molar-refractivity contribution in [3.63, 3.8) is 0 Å². The van der Waals surface area contributed by atoms with E-state index in [1.165, 1.54) is 16.9 Å². The van der Waals surface area contributed by atoms with Gasteiger partial charge in [0.25, 0.3) is 0 Å². The summed E-state index contributed by atoms with van der Waals surface area (Å²) in [5.41, 5.74) is 2.20. The van der Waals surface area contributed by atoms with Gasteiger partial charge in [0.1, 0.15) is 6.54 Å². The molecular weight excluding hydrogens is 248 g/mol. The van der Waals surface area contributed by atoms with E-state index in [-0.39, 0.29) is 6.54 Å². The molecule has 1 N–H and O–H groups in total. The van der Waals surface area contributed by atoms with Gasteiger partial charge in [-0.3, -0.25) is 4.79 Å². The first-order valence-electron chi connectivity index (χ1n) is 5.81. The summed E-state index contributed by atoms with van der Waals surface area (Å²) >= 11 is 1.53. The van der Waals surface area contributed by atoms with Crippen LogP contribution in [-0.2, 0) is 4.79 Å². The van der Waals surface area contributed by atoms with E-state index < -0.39 is 5.97 Å². The predicted octanol–water partition coefficient (Wildman–Crippen LogP) is 2.94. The maximum Gasteiger partial charge on any atom is 0.323 e. The van der Waals surface area contributed by atoms with E-state index in [4.69, 9.17) is 5.11 Å². The number of benzene rings is 1. The second kappa shape index (κ2) is 4.94. The van der Waals surface area contributed by atoms with Crippen LogP contribution in [0.25, 0.3) is 10.2 Å². The molecule has 0 radical (unpaired) electrons. The minimum atomic E-state index is -0.846. The van der Waals surface area contributed by atoms with Crippen molar-refractivity contribution in [1.82, 2.24) is 4.98 Å². The van der Waals surface area contributed by atoms with E-state index in [0.717, 1.165) is 15.3 Å². The molecule has 18 heavy (non-hydrogen) atoms. The molecular formula is C13H16N2O2S. The van der Waals surface area contributed by atoms with Crippen LogP contribution in [0.1, 0.15) is 25.3 Å². The van der Waals surface area contributed by atoms with Crippen LogP contribution in [-0.4, -0.2) is 29.7 Å². The van der Waals surface area contributed by atoms with Crippen molar-refractivity contribution in [2.45, 2.75) is 19.8 Å². The van der Waals surface area contributed by atoms with Crippen molar-refractivity contribution in [3.8, 4) is 0 Å². The van der Waals surface area contributed by atoms with Gasteiger partial charge < -0.3 is 10.0 Å². The van der Waals surface area contributed by atoms with Gasteiger partial charge in [0.05, 0.1) is 10.2 Å². The number of hydrogen-bond acceptors (Lipinski definition) is 4. The zero-order valence-corrected chi connectivity index (χ0v) is 11.5. The third kappa shape index (κ3) is 2.46. The first-order chi connectivity index (χ1) is 8.49. The first-order valence-corrected chi connectivity index (χ1v) is 6.63. The fourth-order valence-electron chi connectivity index (χ4n) is 1.86. The fraction of sp³-hybridized carbons (Fsp3) is 0.385. The third-order valence-electron chi connectivity index (χ3n) is 2.76. The molecule has 0 unspecified atom stereocenters. The summed E-state index contributed by atoms with van der Waals surface area (Å²) < 4.78 is 1.11. The molecule has 4 nitrogen and oxygen atoms in total. The number of likely N-dealkylation sites (N-methyl/N-ethyl adjacent to an activating group) is 1. The van der Waals surface area contributed by atoms with Crippen LogP contribution in [0.4, 0.5) is 5.13 Å². The van der Waals surface area contributed by atoms with Gasteiger partial charge in [0.15, 0.2) is 5.13 Å². The number of nitrogens with zero attached hydrogens (tertiary/aromatic N) is 2. The van der Waals surface area contributed by atoms with Gasteiger partial charge in [0.2, 0.25) is 0 Å². The Morgan fingerprint density at radius 2 is 2.22 bits per heavy atom. The van der Waals surface area contributed by atoms with Gasteiger partial charge in [-0.25, -0.2) is 4.98 Å². The van der Waals surface area contributed by atoms with E-state index in [1.807, 2.05) is 12.1 Å². The van der Waals surface area contributed by atoms with E-state index in [9.17, 15) is 4.79 Å². The van der Waals surface area contributed by atoms with Gasteiger partial charge >= 0.3 is 5.97 Å². The average Bonchev–Trinajstić information content (AvgIpc) is 2.70. The highest BCUT2D eigenvalue weighted by molar-refractivity contribution is 7.22. The molecule has 1 aromatic carbocycles. The SMILES string of the molecule is CC(C)c1cccc2sc(N(C)CC(=O)O)nc12. The summed E-state index contributed by atoms with van der Waals surface area (Å²) in [4.78, 5) is 16.9. The first kappa shape index (κ1) is 12.8. The maximum atomic E-state index is 10.7. The minimum absolute atomic E-state index is 0.0309. The molecule has 0 aliphatic heterocycles. The Hall–Kier alpha value is -1.62. The highest BCUT2D eigenvalue weighted by Gasteiger charge is 2.14. The molecule has 5 heteroatoms. The molecule has 2 rings (SSSR count). The van der Waals surface area contributed by atoms with Crippen LogP contribution in [0.15, 0.2) is 18.2 Å². The van der Waals surface area contributed by atoms with Gasteiger partial charge in [-0.2, -0.15) is 0 Å². The van der Waals surface area contributed by atoms with Gasteiger partial charge in [-0.05, 0) is 17.5 Å². The zero-order valence-electron chi connectivity index (χ0n) is 10.7. The van der Waals surface area contributed by atoms with Gasteiger partial charge in [-0.15, -0.1) is 0 Å². The normalized spacial score (nSPS) is 11.1. The smallest absolute Gasteiger partial charge is 0.323 e. The number of fused-ring (bicyclic) bond motifs is 1. The molecule has 1 aromatic heterocycles. The quantitative estimate of drug-likeness (QED) is 0.922. The Bertz CT molecular complexity index is 577. The molecule has 0 aliphatic carbocycles. The molecule has 0 atom stereocenters. The Kier molecular flexibility index (Phi) is 3.52. The summed E-state index contributed by atoms with van der Waals surface area (Å²) in [6.07, 6.45) is 0. The van der Waals surface area contributed by atoms with Crippen LogP contribution in [0.5, 0.6) is 0 Å². The van der Waals surface area contributed by atoms with Crippen LogP contribution in [0.3, 0.4) is 0 Å². The number of thiazole rings is 1. The van der Waals surface area contributed by atoms with Crippen molar-refractivity contribution >= 4 is 32.7 Å². The van der Waals surface area contributed by atoms with Crippen molar-refractivity contribution in [2.75, 3.05) is 18.5 Å². The number of aliphatic carboxylic acids is 1. The Morgan fingerprint density at radius 1 is 1.50 bits per heavy atom. The minimum Gasteiger partial charge on any atom is -0.480 e. The number of para-hydroxylation sites is 1. The molecule has 0 fully saturated rings. The molecule has 0 saturated carbocycles. The highest BCUT2D eigenvalue weighted by Crippen LogP contribution is 2.32. The summed E-state index contributed by atoms with van der Waals surface area (Å²) in [7, 11) is 1.75. The molecule has 2 aromatic rings. The largest absolute Gasteiger partial charge is 0.480 e. The molecule has 1 heterocycles. The molecule has 0 saturated heterocycles. The van der Waals surface area contributed by atoms with Crippen molar-refractivity contribution in [3.05, 3.63) is 23.8 Å². The predicted molar refractivity (Wildman–Crippen MR) is 74.6 cm³/mol. The maximum absolute atomic E-state index is 10.7. The number of anilines is 1. The van der Waals surface area contributed by atoms with E-state index in [0.29, 0.717) is 5.92 Å². The van der Waals surface area contributed by atoms with E-state index in [2.05, 4.69) is 24.9 Å². The number of hydrogen-bond donors (Lipinski definition) is 1. The molecule has 0 aliphatic rings. The Balaban J connectivity index is 2.44. The lowest BCUT2D eigenvalue weighted by molar-refractivity contribution is -0.135. The second-order valence-corrected chi connectivity index (χ2v) is 5.60. The molecule has 0 spiro atoms. The zero-order chi connectivity index (χ0) is 13.3. The van der Waals surface area contributed by atoms with Crippen LogP contribution in [0, 0.1) is 0 Å². The number of aromatic nitrogens is 1. The molecule has 0 bridgehead atoms. The number of carboxylic acid groups (broad SMARTS) is 1. The highest BCUT2D eigenvalue weighted by atomic mass is 32.1. The fourth-order valence-corrected chi connectivity index (χ4v) is 2.82. The average molecular weight is 264 g/mol. The second-order valence-electron chi connectivity index (χ2n) is 4.59. The Labute approximate surface area is 110 Å². The lowest BCUT2D eigenvalue weighted by atomic mass is 10.0. The summed E-state index contributed by atoms with van der Waals surface area (Å²) in [6.45, 7) is 4.24. The van der Waals surface area contributed by atoms with E-state index in [1.54, 1.807) is 11.9 Å². The van der Waals surface area contributed by atoms with Crippen LogP contribution in [0.2, 0.25) is 0 Å². The number of carboxylic acids is 1. The van der Waals surface area contributed by atoms with Crippen molar-refractivity contribution < 1.29 is 9.90 Å². The van der Waals surface area contributed by atoms with Crippen LogP contribution < -0.4 is 4.90 Å². The van der Waals surface area contributed by atoms with Crippen molar-refractivity contribution in [1.29, 1.82) is 0 Å². The van der Waals surface area contributed by atoms with Crippen molar-refractivity contribution in [2.24, 2.45) is 0 Å². The number of carbonyl (C=O) groups is 1.